The van der Waals surface area contributed by atoms with Gasteiger partial charge in [0, 0.05) is 39.1 Å². The summed E-state index contributed by atoms with van der Waals surface area (Å²) in [5.74, 6) is 0.175. The molecule has 0 spiro atoms. The first-order chi connectivity index (χ1) is 12.1. The number of para-hydroxylation sites is 2. The van der Waals surface area contributed by atoms with E-state index in [1.807, 2.05) is 18.2 Å². The van der Waals surface area contributed by atoms with Gasteiger partial charge in [0.2, 0.25) is 0 Å². The fraction of sp³-hybridized carbons (Fsp3) is 0.556. The summed E-state index contributed by atoms with van der Waals surface area (Å²) in [7, 11) is 1.42. The van der Waals surface area contributed by atoms with Crippen LogP contribution in [-0.4, -0.2) is 60.9 Å². The maximum absolute atomic E-state index is 11.0. The molecule has 1 aliphatic heterocycles. The van der Waals surface area contributed by atoms with Crippen molar-refractivity contribution in [1.29, 1.82) is 0 Å². The van der Waals surface area contributed by atoms with Crippen molar-refractivity contribution >= 4 is 29.0 Å². The first-order valence-electron chi connectivity index (χ1n) is 8.74. The second-order valence-corrected chi connectivity index (χ2v) is 6.47. The smallest absolute Gasteiger partial charge is 0.305 e. The quantitative estimate of drug-likeness (QED) is 0.436. The van der Waals surface area contributed by atoms with Crippen molar-refractivity contribution in [3.63, 3.8) is 0 Å². The van der Waals surface area contributed by atoms with E-state index in [2.05, 4.69) is 19.9 Å². The Morgan fingerprint density at radius 2 is 1.92 bits per heavy atom. The summed E-state index contributed by atoms with van der Waals surface area (Å²) < 4.78 is 4.62. The molecule has 0 radical (unpaired) electrons. The zero-order valence-electron chi connectivity index (χ0n) is 14.7. The molecule has 0 saturated carbocycles. The lowest BCUT2D eigenvalue weighted by atomic mass is 10.2. The average Bonchev–Trinajstić information content (AvgIpc) is 2.64. The lowest BCUT2D eigenvalue weighted by Gasteiger charge is -2.37. The van der Waals surface area contributed by atoms with Crippen molar-refractivity contribution in [3.8, 4) is 5.75 Å². The Balaban J connectivity index is 1.63. The Bertz CT molecular complexity index is 574. The van der Waals surface area contributed by atoms with Crippen molar-refractivity contribution in [2.24, 2.45) is 0 Å². The summed E-state index contributed by atoms with van der Waals surface area (Å²) in [6.07, 6.45) is 3.29. The molecule has 0 aliphatic carbocycles. The number of unbranched alkanes of at least 4 members (excludes halogenated alkanes) is 2. The van der Waals surface area contributed by atoms with Gasteiger partial charge in [-0.1, -0.05) is 18.6 Å². The average molecular weight is 365 g/mol. The van der Waals surface area contributed by atoms with E-state index in [9.17, 15) is 9.90 Å². The van der Waals surface area contributed by atoms with Crippen LogP contribution in [-0.2, 0) is 9.53 Å². The van der Waals surface area contributed by atoms with Crippen LogP contribution in [0.5, 0.6) is 5.75 Å². The van der Waals surface area contributed by atoms with Crippen molar-refractivity contribution in [2.75, 3.05) is 44.7 Å². The number of carbonyl (C=O) groups is 1. The van der Waals surface area contributed by atoms with E-state index in [1.54, 1.807) is 6.07 Å². The van der Waals surface area contributed by atoms with E-state index in [0.717, 1.165) is 62.8 Å². The van der Waals surface area contributed by atoms with E-state index in [-0.39, 0.29) is 5.97 Å². The number of phenolic OH excluding ortho intramolecular Hbond substituents is 1. The summed E-state index contributed by atoms with van der Waals surface area (Å²) in [6, 6.07) is 7.43. The van der Waals surface area contributed by atoms with Crippen molar-refractivity contribution < 1.29 is 14.6 Å². The van der Waals surface area contributed by atoms with Crippen LogP contribution in [0.25, 0.3) is 0 Å². The van der Waals surface area contributed by atoms with E-state index < -0.39 is 0 Å². The minimum atomic E-state index is -0.147. The summed E-state index contributed by atoms with van der Waals surface area (Å²) >= 11 is 5.47. The summed E-state index contributed by atoms with van der Waals surface area (Å²) in [5.41, 5.74) is 0.881. The highest BCUT2D eigenvalue weighted by molar-refractivity contribution is 7.80. The van der Waals surface area contributed by atoms with E-state index in [1.165, 1.54) is 7.11 Å². The monoisotopic (exact) mass is 365 g/mol. The molecule has 2 rings (SSSR count). The van der Waals surface area contributed by atoms with Gasteiger partial charge in [-0.15, -0.1) is 0 Å². The first-order valence-corrected chi connectivity index (χ1v) is 9.15. The number of ether oxygens (including phenoxy) is 1. The van der Waals surface area contributed by atoms with E-state index in [4.69, 9.17) is 12.2 Å². The van der Waals surface area contributed by atoms with Gasteiger partial charge in [-0.05, 0) is 37.2 Å². The predicted molar refractivity (Wildman–Crippen MR) is 103 cm³/mol. The van der Waals surface area contributed by atoms with Gasteiger partial charge in [0.1, 0.15) is 5.75 Å². The molecule has 0 bridgehead atoms. The van der Waals surface area contributed by atoms with Gasteiger partial charge in [-0.2, -0.15) is 0 Å². The van der Waals surface area contributed by atoms with Crippen LogP contribution in [0.3, 0.4) is 0 Å². The molecule has 138 valence electrons. The normalized spacial score (nSPS) is 14.3. The Morgan fingerprint density at radius 1 is 1.20 bits per heavy atom. The summed E-state index contributed by atoms with van der Waals surface area (Å²) in [5, 5.41) is 14.0. The number of rotatable bonds is 7. The number of benzene rings is 1. The van der Waals surface area contributed by atoms with Gasteiger partial charge >= 0.3 is 5.97 Å². The number of nitrogens with one attached hydrogen (secondary N) is 1. The third kappa shape index (κ3) is 6.08. The van der Waals surface area contributed by atoms with Crippen molar-refractivity contribution in [2.45, 2.75) is 25.7 Å². The van der Waals surface area contributed by atoms with Crippen LogP contribution in [0.15, 0.2) is 24.3 Å². The lowest BCUT2D eigenvalue weighted by Crippen LogP contribution is -2.51. The molecule has 0 aromatic heterocycles. The number of carbonyl (C=O) groups excluding carboxylic acids is 1. The molecule has 1 aromatic rings. The second kappa shape index (κ2) is 10.1. The van der Waals surface area contributed by atoms with Gasteiger partial charge in [0.05, 0.1) is 12.8 Å². The van der Waals surface area contributed by atoms with Crippen molar-refractivity contribution in [3.05, 3.63) is 24.3 Å². The number of esters is 1. The highest BCUT2D eigenvalue weighted by Crippen LogP contribution is 2.27. The number of nitrogens with zero attached hydrogens (tertiary/aromatic N) is 2. The molecule has 1 aromatic carbocycles. The number of anilines is 1. The molecule has 1 heterocycles. The fourth-order valence-corrected chi connectivity index (χ4v) is 3.15. The molecule has 0 unspecified atom stereocenters. The zero-order valence-corrected chi connectivity index (χ0v) is 15.6. The number of piperazine rings is 1. The van der Waals surface area contributed by atoms with E-state index in [0.29, 0.717) is 12.2 Å². The van der Waals surface area contributed by atoms with Crippen LogP contribution in [0, 0.1) is 0 Å². The Hall–Kier alpha value is -2.02. The van der Waals surface area contributed by atoms with Gasteiger partial charge in [0.15, 0.2) is 5.11 Å². The topological polar surface area (TPSA) is 65.0 Å². The SMILES string of the molecule is COC(=O)CCCCCNC(=S)N1CCN(c2ccccc2O)CC1. The number of thiocarbonyl (C=S) groups is 1. The van der Waals surface area contributed by atoms with Crippen LogP contribution < -0.4 is 10.2 Å². The van der Waals surface area contributed by atoms with Crippen molar-refractivity contribution in [1.82, 2.24) is 10.2 Å². The predicted octanol–water partition coefficient (Wildman–Crippen LogP) is 2.12. The molecule has 7 heteroatoms. The van der Waals surface area contributed by atoms with Crippen LogP contribution in [0.4, 0.5) is 5.69 Å². The molecule has 1 aliphatic rings. The Morgan fingerprint density at radius 3 is 2.60 bits per heavy atom. The molecule has 25 heavy (non-hydrogen) atoms. The molecule has 6 nitrogen and oxygen atoms in total. The maximum Gasteiger partial charge on any atom is 0.305 e. The van der Waals surface area contributed by atoms with Gasteiger partial charge < -0.3 is 25.0 Å². The van der Waals surface area contributed by atoms with Crippen LogP contribution in [0.2, 0.25) is 0 Å². The van der Waals surface area contributed by atoms with E-state index >= 15 is 0 Å². The second-order valence-electron chi connectivity index (χ2n) is 6.08. The molecule has 2 N–H and O–H groups in total. The molecular formula is C18H27N3O3S. The molecule has 1 saturated heterocycles. The third-order valence-electron chi connectivity index (χ3n) is 4.35. The standard InChI is InChI=1S/C18H27N3O3S/c1-24-17(23)9-3-2-6-10-19-18(25)21-13-11-20(12-14-21)15-7-4-5-8-16(15)22/h4-5,7-8,22H,2-3,6,9-14H2,1H3,(H,19,25). The number of aromatic hydroxyl groups is 1. The maximum atomic E-state index is 11.0. The summed E-state index contributed by atoms with van der Waals surface area (Å²) in [6.45, 7) is 4.15. The molecule has 0 amide bonds. The van der Waals surface area contributed by atoms with Crippen LogP contribution >= 0.6 is 12.2 Å². The number of hydrogen-bond acceptors (Lipinski definition) is 5. The summed E-state index contributed by atoms with van der Waals surface area (Å²) in [4.78, 5) is 15.4. The minimum absolute atomic E-state index is 0.147. The minimum Gasteiger partial charge on any atom is -0.506 e. The molecule has 0 atom stereocenters. The van der Waals surface area contributed by atoms with Crippen LogP contribution in [0.1, 0.15) is 25.7 Å². The van der Waals surface area contributed by atoms with Gasteiger partial charge in [-0.25, -0.2) is 0 Å². The molecule has 1 fully saturated rings. The molecular weight excluding hydrogens is 338 g/mol. The zero-order chi connectivity index (χ0) is 18.1. The third-order valence-corrected chi connectivity index (χ3v) is 4.75. The lowest BCUT2D eigenvalue weighted by molar-refractivity contribution is -0.140. The fourth-order valence-electron chi connectivity index (χ4n) is 2.86. The highest BCUT2D eigenvalue weighted by Gasteiger charge is 2.20. The largest absolute Gasteiger partial charge is 0.506 e. The van der Waals surface area contributed by atoms with Gasteiger partial charge in [0.25, 0.3) is 0 Å². The first kappa shape index (κ1) is 19.3. The van der Waals surface area contributed by atoms with Gasteiger partial charge in [-0.3, -0.25) is 4.79 Å². The highest BCUT2D eigenvalue weighted by atomic mass is 32.1. The Labute approximate surface area is 154 Å². The number of methoxy groups -OCH3 is 1. The number of hydrogen-bond donors (Lipinski definition) is 2. The Kier molecular flexibility index (Phi) is 7.78. The number of phenols is 1.